The zero-order valence-corrected chi connectivity index (χ0v) is 13.7. The highest BCUT2D eigenvalue weighted by atomic mass is 16.5. The quantitative estimate of drug-likeness (QED) is 0.845. The third-order valence-corrected chi connectivity index (χ3v) is 5.50. The van der Waals surface area contributed by atoms with E-state index in [9.17, 15) is 9.59 Å². The van der Waals surface area contributed by atoms with Crippen molar-refractivity contribution in [2.75, 3.05) is 38.1 Å². The van der Waals surface area contributed by atoms with Crippen LogP contribution in [0.4, 0.5) is 5.69 Å². The Hall–Kier alpha value is -1.92. The highest BCUT2D eigenvalue weighted by Gasteiger charge is 2.48. The number of nitrogens with zero attached hydrogens (tertiary/aromatic N) is 1. The second-order valence-electron chi connectivity index (χ2n) is 6.86. The molecule has 1 aromatic carbocycles. The number of morpholine rings is 1. The van der Waals surface area contributed by atoms with Gasteiger partial charge in [-0.25, -0.2) is 0 Å². The molecule has 1 atom stereocenters. The van der Waals surface area contributed by atoms with Crippen LogP contribution in [0.3, 0.4) is 0 Å². The van der Waals surface area contributed by atoms with E-state index < -0.39 is 5.41 Å². The molecule has 1 aromatic rings. The summed E-state index contributed by atoms with van der Waals surface area (Å²) in [5, 5.41) is 6.25. The topological polar surface area (TPSA) is 70.7 Å². The summed E-state index contributed by atoms with van der Waals surface area (Å²) in [6, 6.07) is 7.90. The molecule has 3 heterocycles. The van der Waals surface area contributed by atoms with Crippen LogP contribution in [0.2, 0.25) is 0 Å². The second-order valence-corrected chi connectivity index (χ2v) is 6.86. The van der Waals surface area contributed by atoms with Gasteiger partial charge in [-0.05, 0) is 24.5 Å². The van der Waals surface area contributed by atoms with E-state index in [1.165, 1.54) is 0 Å². The third kappa shape index (κ3) is 2.59. The van der Waals surface area contributed by atoms with Crippen molar-refractivity contribution in [2.45, 2.75) is 30.8 Å². The van der Waals surface area contributed by atoms with E-state index in [0.717, 1.165) is 24.3 Å². The first-order chi connectivity index (χ1) is 11.7. The van der Waals surface area contributed by atoms with Crippen LogP contribution in [-0.2, 0) is 19.7 Å². The Morgan fingerprint density at radius 1 is 1.29 bits per heavy atom. The van der Waals surface area contributed by atoms with Crippen LogP contribution >= 0.6 is 0 Å². The van der Waals surface area contributed by atoms with Gasteiger partial charge in [0.25, 0.3) is 0 Å². The van der Waals surface area contributed by atoms with Crippen molar-refractivity contribution >= 4 is 17.5 Å². The highest BCUT2D eigenvalue weighted by molar-refractivity contribution is 6.06. The molecule has 2 amide bonds. The van der Waals surface area contributed by atoms with E-state index in [2.05, 4.69) is 10.6 Å². The number of hydrogen-bond donors (Lipinski definition) is 2. The Balaban J connectivity index is 1.41. The molecule has 0 bridgehead atoms. The van der Waals surface area contributed by atoms with Gasteiger partial charge in [0.1, 0.15) is 0 Å². The number of carbonyl (C=O) groups excluding carboxylic acids is 2. The summed E-state index contributed by atoms with van der Waals surface area (Å²) in [7, 11) is 0. The summed E-state index contributed by atoms with van der Waals surface area (Å²) in [5.41, 5.74) is 1.54. The number of likely N-dealkylation sites (tertiary alicyclic amines) is 1. The van der Waals surface area contributed by atoms with Crippen LogP contribution in [0.15, 0.2) is 24.3 Å². The average Bonchev–Trinajstić information content (AvgIpc) is 2.88. The Morgan fingerprint density at radius 3 is 2.83 bits per heavy atom. The van der Waals surface area contributed by atoms with E-state index in [1.807, 2.05) is 29.2 Å². The number of anilines is 1. The molecule has 0 unspecified atom stereocenters. The molecule has 0 aliphatic carbocycles. The van der Waals surface area contributed by atoms with Crippen molar-refractivity contribution in [1.29, 1.82) is 0 Å². The molecule has 0 saturated carbocycles. The maximum Gasteiger partial charge on any atom is 0.235 e. The Bertz CT molecular complexity index is 647. The Morgan fingerprint density at radius 2 is 2.08 bits per heavy atom. The van der Waals surface area contributed by atoms with E-state index in [-0.39, 0.29) is 17.9 Å². The van der Waals surface area contributed by atoms with E-state index in [1.54, 1.807) is 0 Å². The summed E-state index contributed by atoms with van der Waals surface area (Å²) in [6.07, 6.45) is 1.76. The predicted molar refractivity (Wildman–Crippen MR) is 89.8 cm³/mol. The SMILES string of the molecule is O=C(C[C@H]1CNCCO1)N1CCC2(CC1)C(=O)Nc1ccccc12. The number of rotatable bonds is 2. The lowest BCUT2D eigenvalue weighted by molar-refractivity contribution is -0.138. The average molecular weight is 329 g/mol. The van der Waals surface area contributed by atoms with Crippen molar-refractivity contribution in [2.24, 2.45) is 0 Å². The first kappa shape index (κ1) is 15.6. The summed E-state index contributed by atoms with van der Waals surface area (Å²) in [4.78, 5) is 27.0. The summed E-state index contributed by atoms with van der Waals surface area (Å²) in [6.45, 7) is 3.50. The lowest BCUT2D eigenvalue weighted by Crippen LogP contribution is -2.49. The van der Waals surface area contributed by atoms with Gasteiger partial charge in [0, 0.05) is 31.9 Å². The van der Waals surface area contributed by atoms with Crippen LogP contribution in [-0.4, -0.2) is 55.6 Å². The standard InChI is InChI=1S/C18H23N3O3/c22-16(11-13-12-19-7-10-24-13)21-8-5-18(6-9-21)14-3-1-2-4-15(14)20-17(18)23/h1-4,13,19H,5-12H2,(H,20,23)/t13-/m0/s1. The molecule has 24 heavy (non-hydrogen) atoms. The van der Waals surface area contributed by atoms with Gasteiger partial charge >= 0.3 is 0 Å². The third-order valence-electron chi connectivity index (χ3n) is 5.50. The number of carbonyl (C=O) groups is 2. The number of hydrogen-bond acceptors (Lipinski definition) is 4. The highest BCUT2D eigenvalue weighted by Crippen LogP contribution is 2.44. The molecule has 0 radical (unpaired) electrons. The number of piperidine rings is 1. The largest absolute Gasteiger partial charge is 0.375 e. The Kier molecular flexibility index (Phi) is 4.02. The predicted octanol–water partition coefficient (Wildman–Crippen LogP) is 0.877. The lowest BCUT2D eigenvalue weighted by atomic mass is 9.73. The van der Waals surface area contributed by atoms with Gasteiger partial charge < -0.3 is 20.3 Å². The van der Waals surface area contributed by atoms with Crippen LogP contribution in [0.25, 0.3) is 0 Å². The minimum Gasteiger partial charge on any atom is -0.375 e. The zero-order valence-electron chi connectivity index (χ0n) is 13.7. The van der Waals surface area contributed by atoms with Gasteiger partial charge in [0.2, 0.25) is 11.8 Å². The van der Waals surface area contributed by atoms with E-state index in [0.29, 0.717) is 39.0 Å². The molecule has 1 spiro atoms. The van der Waals surface area contributed by atoms with Crippen molar-refractivity contribution in [3.05, 3.63) is 29.8 Å². The molecule has 3 aliphatic heterocycles. The monoisotopic (exact) mass is 329 g/mol. The molecule has 0 aromatic heterocycles. The van der Waals surface area contributed by atoms with Crippen molar-refractivity contribution in [3.8, 4) is 0 Å². The van der Waals surface area contributed by atoms with Gasteiger partial charge in [-0.15, -0.1) is 0 Å². The summed E-state index contributed by atoms with van der Waals surface area (Å²) >= 11 is 0. The molecule has 6 nitrogen and oxygen atoms in total. The van der Waals surface area contributed by atoms with Crippen molar-refractivity contribution in [3.63, 3.8) is 0 Å². The number of benzene rings is 1. The smallest absolute Gasteiger partial charge is 0.235 e. The maximum atomic E-state index is 12.6. The lowest BCUT2D eigenvalue weighted by Gasteiger charge is -2.38. The summed E-state index contributed by atoms with van der Waals surface area (Å²) in [5.74, 6) is 0.209. The molecular weight excluding hydrogens is 306 g/mol. The van der Waals surface area contributed by atoms with Gasteiger partial charge in [0.05, 0.1) is 24.5 Å². The van der Waals surface area contributed by atoms with E-state index in [4.69, 9.17) is 4.74 Å². The number of para-hydroxylation sites is 1. The molecule has 128 valence electrons. The van der Waals surface area contributed by atoms with Crippen LogP contribution < -0.4 is 10.6 Å². The fourth-order valence-corrected chi connectivity index (χ4v) is 4.08. The maximum absolute atomic E-state index is 12.6. The molecule has 3 aliphatic rings. The number of ether oxygens (including phenoxy) is 1. The number of fused-ring (bicyclic) bond motifs is 2. The van der Waals surface area contributed by atoms with Crippen LogP contribution in [0.1, 0.15) is 24.8 Å². The fourth-order valence-electron chi connectivity index (χ4n) is 4.08. The minimum atomic E-state index is -0.462. The molecule has 2 saturated heterocycles. The number of amides is 2. The minimum absolute atomic E-state index is 0.0300. The molecule has 6 heteroatoms. The Labute approximate surface area is 141 Å². The van der Waals surface area contributed by atoms with E-state index >= 15 is 0 Å². The van der Waals surface area contributed by atoms with Crippen LogP contribution in [0.5, 0.6) is 0 Å². The molecule has 2 N–H and O–H groups in total. The van der Waals surface area contributed by atoms with Gasteiger partial charge in [-0.3, -0.25) is 9.59 Å². The molecule has 2 fully saturated rings. The van der Waals surface area contributed by atoms with Gasteiger partial charge in [-0.2, -0.15) is 0 Å². The summed E-state index contributed by atoms with van der Waals surface area (Å²) < 4.78 is 5.62. The first-order valence-corrected chi connectivity index (χ1v) is 8.70. The molecular formula is C18H23N3O3. The number of nitrogens with one attached hydrogen (secondary N) is 2. The van der Waals surface area contributed by atoms with Crippen molar-refractivity contribution < 1.29 is 14.3 Å². The first-order valence-electron chi connectivity index (χ1n) is 8.70. The normalized spacial score (nSPS) is 25.4. The zero-order chi connectivity index (χ0) is 16.6. The fraction of sp³-hybridized carbons (Fsp3) is 0.556. The van der Waals surface area contributed by atoms with Gasteiger partial charge in [-0.1, -0.05) is 18.2 Å². The van der Waals surface area contributed by atoms with Gasteiger partial charge in [0.15, 0.2) is 0 Å². The van der Waals surface area contributed by atoms with Crippen LogP contribution in [0, 0.1) is 0 Å². The molecule has 4 rings (SSSR count). The second kappa shape index (κ2) is 6.18. The van der Waals surface area contributed by atoms with Crippen molar-refractivity contribution in [1.82, 2.24) is 10.2 Å².